The maximum absolute atomic E-state index is 5.46. The number of hydrogen-bond acceptors (Lipinski definition) is 4. The molecule has 0 radical (unpaired) electrons. The maximum atomic E-state index is 5.46. The Morgan fingerprint density at radius 2 is 1.90 bits per heavy atom. The molecule has 1 N–H and O–H groups in total. The van der Waals surface area contributed by atoms with E-state index in [9.17, 15) is 0 Å². The minimum absolute atomic E-state index is 0.326. The van der Waals surface area contributed by atoms with Crippen molar-refractivity contribution in [1.82, 2.24) is 15.1 Å². The molecule has 2 atom stereocenters. The van der Waals surface area contributed by atoms with E-state index in [2.05, 4.69) is 42.8 Å². The van der Waals surface area contributed by atoms with Crippen LogP contribution in [0.4, 0.5) is 0 Å². The van der Waals surface area contributed by atoms with Gasteiger partial charge in [-0.15, -0.1) is 0 Å². The summed E-state index contributed by atoms with van der Waals surface area (Å²) >= 11 is 0. The summed E-state index contributed by atoms with van der Waals surface area (Å²) in [7, 11) is 0. The van der Waals surface area contributed by atoms with E-state index in [1.54, 1.807) is 0 Å². The minimum Gasteiger partial charge on any atom is -0.379 e. The number of nitrogens with one attached hydrogen (secondary N) is 1. The highest BCUT2D eigenvalue weighted by atomic mass is 16.5. The first kappa shape index (κ1) is 16.2. The molecule has 2 aliphatic rings. The second kappa shape index (κ2) is 7.21. The summed E-state index contributed by atoms with van der Waals surface area (Å²) in [5, 5.41) is 3.67. The van der Waals surface area contributed by atoms with E-state index >= 15 is 0 Å². The van der Waals surface area contributed by atoms with E-state index in [4.69, 9.17) is 4.74 Å². The Morgan fingerprint density at radius 3 is 2.50 bits per heavy atom. The third kappa shape index (κ3) is 4.42. The van der Waals surface area contributed by atoms with Crippen molar-refractivity contribution in [2.75, 3.05) is 52.5 Å². The van der Waals surface area contributed by atoms with Gasteiger partial charge in [0.05, 0.1) is 13.2 Å². The maximum Gasteiger partial charge on any atom is 0.0594 e. The fourth-order valence-electron chi connectivity index (χ4n) is 3.37. The summed E-state index contributed by atoms with van der Waals surface area (Å²) in [6.45, 7) is 18.0. The molecular weight excluding hydrogens is 250 g/mol. The summed E-state index contributed by atoms with van der Waals surface area (Å²) in [5.41, 5.74) is 0.326. The molecule has 0 aromatic heterocycles. The van der Waals surface area contributed by atoms with Gasteiger partial charge in [-0.1, -0.05) is 27.7 Å². The molecule has 2 rings (SSSR count). The zero-order valence-electron chi connectivity index (χ0n) is 13.8. The van der Waals surface area contributed by atoms with Crippen molar-refractivity contribution in [2.24, 2.45) is 5.41 Å². The Balaban J connectivity index is 1.82. The van der Waals surface area contributed by atoms with E-state index < -0.39 is 0 Å². The minimum atomic E-state index is 0.326. The van der Waals surface area contributed by atoms with Crippen LogP contribution >= 0.6 is 0 Å². The van der Waals surface area contributed by atoms with Crippen molar-refractivity contribution in [2.45, 2.75) is 46.2 Å². The third-order valence-corrected chi connectivity index (χ3v) is 4.75. The van der Waals surface area contributed by atoms with Crippen molar-refractivity contribution in [3.8, 4) is 0 Å². The van der Waals surface area contributed by atoms with E-state index in [1.807, 2.05) is 0 Å². The smallest absolute Gasteiger partial charge is 0.0594 e. The van der Waals surface area contributed by atoms with Crippen LogP contribution in [-0.4, -0.2) is 74.4 Å². The van der Waals surface area contributed by atoms with Crippen LogP contribution in [0.5, 0.6) is 0 Å². The van der Waals surface area contributed by atoms with Crippen LogP contribution in [0.2, 0.25) is 0 Å². The van der Waals surface area contributed by atoms with Crippen LogP contribution in [0.25, 0.3) is 0 Å². The summed E-state index contributed by atoms with van der Waals surface area (Å²) in [6.07, 6.45) is 1.32. The molecule has 4 nitrogen and oxygen atoms in total. The highest BCUT2D eigenvalue weighted by molar-refractivity contribution is 4.89. The first-order valence-electron chi connectivity index (χ1n) is 8.28. The van der Waals surface area contributed by atoms with Crippen LogP contribution in [0.15, 0.2) is 0 Å². The molecule has 2 heterocycles. The van der Waals surface area contributed by atoms with Gasteiger partial charge in [0.15, 0.2) is 0 Å². The van der Waals surface area contributed by atoms with Gasteiger partial charge in [-0.25, -0.2) is 0 Å². The second-order valence-electron chi connectivity index (χ2n) is 7.33. The Bertz CT molecular complexity index is 284. The van der Waals surface area contributed by atoms with E-state index in [0.717, 1.165) is 38.9 Å². The molecule has 20 heavy (non-hydrogen) atoms. The SMILES string of the molecule is CCNC(CN1CCC(N2CCOCC2)C1)C(C)(C)C. The van der Waals surface area contributed by atoms with Gasteiger partial charge in [-0.05, 0) is 24.9 Å². The van der Waals surface area contributed by atoms with Crippen molar-refractivity contribution in [1.29, 1.82) is 0 Å². The molecule has 2 saturated heterocycles. The summed E-state index contributed by atoms with van der Waals surface area (Å²) < 4.78 is 5.46. The predicted octanol–water partition coefficient (Wildman–Crippen LogP) is 1.42. The van der Waals surface area contributed by atoms with Crippen molar-refractivity contribution >= 4 is 0 Å². The second-order valence-corrected chi connectivity index (χ2v) is 7.33. The fraction of sp³-hybridized carbons (Fsp3) is 1.00. The molecule has 0 bridgehead atoms. The predicted molar refractivity (Wildman–Crippen MR) is 84.2 cm³/mol. The lowest BCUT2D eigenvalue weighted by Crippen LogP contribution is -2.49. The Kier molecular flexibility index (Phi) is 5.84. The first-order valence-corrected chi connectivity index (χ1v) is 8.28. The van der Waals surface area contributed by atoms with Gasteiger partial charge >= 0.3 is 0 Å². The molecule has 0 saturated carbocycles. The molecule has 2 aliphatic heterocycles. The monoisotopic (exact) mass is 283 g/mol. The largest absolute Gasteiger partial charge is 0.379 e. The summed E-state index contributed by atoms with van der Waals surface area (Å²) in [5.74, 6) is 0. The number of likely N-dealkylation sites (N-methyl/N-ethyl adjacent to an activating group) is 1. The number of rotatable bonds is 5. The van der Waals surface area contributed by atoms with Crippen LogP contribution in [-0.2, 0) is 4.74 Å². The number of hydrogen-bond donors (Lipinski definition) is 1. The van der Waals surface area contributed by atoms with Crippen molar-refractivity contribution in [3.63, 3.8) is 0 Å². The topological polar surface area (TPSA) is 27.7 Å². The third-order valence-electron chi connectivity index (χ3n) is 4.75. The molecule has 0 aliphatic carbocycles. The highest BCUT2D eigenvalue weighted by Crippen LogP contribution is 2.23. The fourth-order valence-corrected chi connectivity index (χ4v) is 3.37. The molecule has 0 aromatic carbocycles. The average molecular weight is 283 g/mol. The standard InChI is InChI=1S/C16H33N3O/c1-5-17-15(16(2,3)4)13-18-7-6-14(12-18)19-8-10-20-11-9-19/h14-15,17H,5-13H2,1-4H3. The van der Waals surface area contributed by atoms with Crippen LogP contribution in [0, 0.1) is 5.41 Å². The molecular formula is C16H33N3O. The first-order chi connectivity index (χ1) is 9.50. The average Bonchev–Trinajstić information content (AvgIpc) is 2.87. The Hall–Kier alpha value is -0.160. The molecule has 2 fully saturated rings. The zero-order chi connectivity index (χ0) is 14.6. The lowest BCUT2D eigenvalue weighted by Gasteiger charge is -2.35. The molecule has 0 spiro atoms. The van der Waals surface area contributed by atoms with Crippen molar-refractivity contribution < 1.29 is 4.74 Å². The van der Waals surface area contributed by atoms with Gasteiger partial charge in [0.1, 0.15) is 0 Å². The number of ether oxygens (including phenoxy) is 1. The number of likely N-dealkylation sites (tertiary alicyclic amines) is 1. The van der Waals surface area contributed by atoms with Gasteiger partial charge in [-0.2, -0.15) is 0 Å². The highest BCUT2D eigenvalue weighted by Gasteiger charge is 2.32. The molecule has 0 amide bonds. The molecule has 0 aromatic rings. The lowest BCUT2D eigenvalue weighted by molar-refractivity contribution is 0.0181. The number of morpholine rings is 1. The van der Waals surface area contributed by atoms with Crippen LogP contribution < -0.4 is 5.32 Å². The number of nitrogens with zero attached hydrogens (tertiary/aromatic N) is 2. The Labute approximate surface area is 124 Å². The van der Waals surface area contributed by atoms with E-state index in [-0.39, 0.29) is 0 Å². The lowest BCUT2D eigenvalue weighted by atomic mass is 9.86. The van der Waals surface area contributed by atoms with E-state index in [0.29, 0.717) is 11.5 Å². The molecule has 2 unspecified atom stereocenters. The normalized spacial score (nSPS) is 27.9. The van der Waals surface area contributed by atoms with Gasteiger partial charge < -0.3 is 15.0 Å². The van der Waals surface area contributed by atoms with Gasteiger partial charge in [0.2, 0.25) is 0 Å². The summed E-state index contributed by atoms with van der Waals surface area (Å²) in [4.78, 5) is 5.28. The van der Waals surface area contributed by atoms with Gasteiger partial charge in [-0.3, -0.25) is 4.90 Å². The van der Waals surface area contributed by atoms with Crippen LogP contribution in [0.1, 0.15) is 34.1 Å². The molecule has 118 valence electrons. The van der Waals surface area contributed by atoms with E-state index in [1.165, 1.54) is 26.1 Å². The van der Waals surface area contributed by atoms with Crippen LogP contribution in [0.3, 0.4) is 0 Å². The Morgan fingerprint density at radius 1 is 1.20 bits per heavy atom. The quantitative estimate of drug-likeness (QED) is 0.826. The van der Waals surface area contributed by atoms with Gasteiger partial charge in [0, 0.05) is 38.3 Å². The van der Waals surface area contributed by atoms with Crippen molar-refractivity contribution in [3.05, 3.63) is 0 Å². The summed E-state index contributed by atoms with van der Waals surface area (Å²) in [6, 6.07) is 1.33. The van der Waals surface area contributed by atoms with Gasteiger partial charge in [0.25, 0.3) is 0 Å². The zero-order valence-corrected chi connectivity index (χ0v) is 13.8. The molecule has 4 heteroatoms.